The van der Waals surface area contributed by atoms with Gasteiger partial charge in [0.15, 0.2) is 0 Å². The van der Waals surface area contributed by atoms with Crippen LogP contribution in [0.2, 0.25) is 0 Å². The molecular formula is C23H40N2O2. The zero-order valence-corrected chi connectivity index (χ0v) is 17.4. The van der Waals surface area contributed by atoms with E-state index in [1.807, 2.05) is 0 Å². The molecule has 5 fully saturated rings. The standard InChI is InChI=1S/C23H40N2O2/c1-22-8-7-18-16(17(22)5-6-21(22)27)4-3-15-13-20(26)19(14-23(15,18)2)25-11-9-24-10-12-25/h15-21,24,26-27H,3-14H2,1-2H3/t15?,16-,17-,18+,19?,20?,21?,22-,23-/m0/s1. The van der Waals surface area contributed by atoms with Crippen LogP contribution in [0.5, 0.6) is 0 Å². The van der Waals surface area contributed by atoms with Crippen LogP contribution in [-0.2, 0) is 0 Å². The molecule has 1 heterocycles. The van der Waals surface area contributed by atoms with Crippen LogP contribution in [0.3, 0.4) is 0 Å². The van der Waals surface area contributed by atoms with E-state index in [1.165, 1.54) is 38.5 Å². The third kappa shape index (κ3) is 2.77. The summed E-state index contributed by atoms with van der Waals surface area (Å²) in [6.45, 7) is 9.27. The van der Waals surface area contributed by atoms with Crippen molar-refractivity contribution in [1.82, 2.24) is 10.2 Å². The van der Waals surface area contributed by atoms with Gasteiger partial charge in [-0.1, -0.05) is 13.8 Å². The van der Waals surface area contributed by atoms with Crippen LogP contribution < -0.4 is 5.32 Å². The Morgan fingerprint density at radius 3 is 2.41 bits per heavy atom. The number of hydrogen-bond acceptors (Lipinski definition) is 4. The predicted octanol–water partition coefficient (Wildman–Crippen LogP) is 2.63. The quantitative estimate of drug-likeness (QED) is 0.659. The van der Waals surface area contributed by atoms with Crippen molar-refractivity contribution in [1.29, 1.82) is 0 Å². The molecule has 0 bridgehead atoms. The molecule has 3 N–H and O–H groups in total. The first kappa shape index (κ1) is 18.8. The minimum Gasteiger partial charge on any atom is -0.393 e. The van der Waals surface area contributed by atoms with E-state index in [0.717, 1.165) is 56.8 Å². The van der Waals surface area contributed by atoms with Crippen LogP contribution >= 0.6 is 0 Å². The lowest BCUT2D eigenvalue weighted by Gasteiger charge is -2.62. The Morgan fingerprint density at radius 2 is 1.63 bits per heavy atom. The fourth-order valence-electron chi connectivity index (χ4n) is 8.63. The topological polar surface area (TPSA) is 55.7 Å². The first-order valence-electron chi connectivity index (χ1n) is 11.7. The van der Waals surface area contributed by atoms with Crippen molar-refractivity contribution in [3.05, 3.63) is 0 Å². The second-order valence-electron chi connectivity index (χ2n) is 11.2. The Hall–Kier alpha value is -0.160. The molecular weight excluding hydrogens is 336 g/mol. The molecule has 0 aromatic carbocycles. The van der Waals surface area contributed by atoms with Crippen LogP contribution in [0.1, 0.15) is 65.2 Å². The van der Waals surface area contributed by atoms with Crippen molar-refractivity contribution < 1.29 is 10.2 Å². The van der Waals surface area contributed by atoms with E-state index in [-0.39, 0.29) is 17.6 Å². The summed E-state index contributed by atoms with van der Waals surface area (Å²) in [7, 11) is 0. The summed E-state index contributed by atoms with van der Waals surface area (Å²) in [5.41, 5.74) is 0.559. The zero-order chi connectivity index (χ0) is 18.8. The zero-order valence-electron chi connectivity index (χ0n) is 17.4. The number of rotatable bonds is 1. The second-order valence-corrected chi connectivity index (χ2v) is 11.2. The molecule has 4 saturated carbocycles. The highest BCUT2D eigenvalue weighted by atomic mass is 16.3. The fourth-order valence-corrected chi connectivity index (χ4v) is 8.63. The summed E-state index contributed by atoms with van der Waals surface area (Å²) >= 11 is 0. The summed E-state index contributed by atoms with van der Waals surface area (Å²) in [4.78, 5) is 2.58. The largest absolute Gasteiger partial charge is 0.393 e. The Balaban J connectivity index is 1.40. The van der Waals surface area contributed by atoms with Gasteiger partial charge in [0.1, 0.15) is 0 Å². The van der Waals surface area contributed by atoms with E-state index >= 15 is 0 Å². The first-order valence-corrected chi connectivity index (χ1v) is 11.7. The SMILES string of the molecule is C[C@]12CC(N3CCNCC3)C(O)CC1CC[C@@H]1[C@H]2CC[C@]2(C)C(O)CC[C@@H]12. The van der Waals surface area contributed by atoms with Crippen LogP contribution in [0.4, 0.5) is 0 Å². The Morgan fingerprint density at radius 1 is 0.889 bits per heavy atom. The van der Waals surface area contributed by atoms with Gasteiger partial charge in [-0.2, -0.15) is 0 Å². The van der Waals surface area contributed by atoms with Gasteiger partial charge in [-0.05, 0) is 85.9 Å². The molecule has 1 saturated heterocycles. The van der Waals surface area contributed by atoms with Crippen molar-refractivity contribution in [3.63, 3.8) is 0 Å². The van der Waals surface area contributed by atoms with Crippen molar-refractivity contribution in [2.24, 2.45) is 34.5 Å². The van der Waals surface area contributed by atoms with E-state index in [0.29, 0.717) is 17.4 Å². The van der Waals surface area contributed by atoms with E-state index in [9.17, 15) is 10.2 Å². The van der Waals surface area contributed by atoms with E-state index in [2.05, 4.69) is 24.1 Å². The number of piperazine rings is 1. The van der Waals surface area contributed by atoms with Crippen LogP contribution in [0.15, 0.2) is 0 Å². The minimum absolute atomic E-state index is 0.0734. The van der Waals surface area contributed by atoms with Gasteiger partial charge < -0.3 is 15.5 Å². The monoisotopic (exact) mass is 376 g/mol. The summed E-state index contributed by atoms with van der Waals surface area (Å²) in [5.74, 6) is 3.04. The molecule has 4 unspecified atom stereocenters. The average molecular weight is 377 g/mol. The van der Waals surface area contributed by atoms with Crippen molar-refractivity contribution in [2.45, 2.75) is 83.5 Å². The molecule has 0 radical (unpaired) electrons. The van der Waals surface area contributed by atoms with Gasteiger partial charge in [0, 0.05) is 32.2 Å². The molecule has 4 heteroatoms. The van der Waals surface area contributed by atoms with E-state index in [4.69, 9.17) is 0 Å². The fraction of sp³-hybridized carbons (Fsp3) is 1.00. The van der Waals surface area contributed by atoms with Crippen LogP contribution in [0.25, 0.3) is 0 Å². The highest BCUT2D eigenvalue weighted by molar-refractivity contribution is 5.11. The van der Waals surface area contributed by atoms with E-state index < -0.39 is 0 Å². The maximum Gasteiger partial charge on any atom is 0.0698 e. The lowest BCUT2D eigenvalue weighted by atomic mass is 9.44. The molecule has 27 heavy (non-hydrogen) atoms. The number of nitrogens with one attached hydrogen (secondary N) is 1. The van der Waals surface area contributed by atoms with Crippen molar-refractivity contribution >= 4 is 0 Å². The Bertz CT molecular complexity index is 565. The molecule has 9 atom stereocenters. The number of fused-ring (bicyclic) bond motifs is 5. The molecule has 5 rings (SSSR count). The highest BCUT2D eigenvalue weighted by Gasteiger charge is 2.61. The average Bonchev–Trinajstić information content (AvgIpc) is 2.97. The smallest absolute Gasteiger partial charge is 0.0698 e. The van der Waals surface area contributed by atoms with Crippen molar-refractivity contribution in [2.75, 3.05) is 26.2 Å². The molecule has 0 spiro atoms. The Kier molecular flexibility index (Phi) is 4.66. The number of aliphatic hydroxyl groups is 2. The van der Waals surface area contributed by atoms with Crippen molar-refractivity contribution in [3.8, 4) is 0 Å². The number of aliphatic hydroxyl groups excluding tert-OH is 2. The molecule has 1 aliphatic heterocycles. The highest BCUT2D eigenvalue weighted by Crippen LogP contribution is 2.66. The minimum atomic E-state index is -0.139. The van der Waals surface area contributed by atoms with Gasteiger partial charge in [-0.3, -0.25) is 4.90 Å². The summed E-state index contributed by atoms with van der Waals surface area (Å²) in [6, 6.07) is 0.356. The summed E-state index contributed by atoms with van der Waals surface area (Å²) < 4.78 is 0. The molecule has 0 aromatic rings. The second kappa shape index (κ2) is 6.68. The van der Waals surface area contributed by atoms with Gasteiger partial charge in [0.05, 0.1) is 12.2 Å². The van der Waals surface area contributed by atoms with Crippen LogP contribution in [0, 0.1) is 34.5 Å². The lowest BCUT2D eigenvalue weighted by molar-refractivity contribution is -0.153. The Labute approximate surface area is 165 Å². The molecule has 0 aromatic heterocycles. The van der Waals surface area contributed by atoms with Crippen LogP contribution in [-0.4, -0.2) is 59.5 Å². The number of nitrogens with zero attached hydrogens (tertiary/aromatic N) is 1. The number of hydrogen-bond donors (Lipinski definition) is 3. The maximum absolute atomic E-state index is 11.0. The summed E-state index contributed by atoms with van der Waals surface area (Å²) in [6.07, 6.45) is 9.39. The van der Waals surface area contributed by atoms with Gasteiger partial charge in [-0.15, -0.1) is 0 Å². The summed E-state index contributed by atoms with van der Waals surface area (Å²) in [5, 5.41) is 25.1. The normalized spacial score (nSPS) is 56.2. The molecule has 0 amide bonds. The lowest BCUT2D eigenvalue weighted by Crippen LogP contribution is -2.61. The third-order valence-electron chi connectivity index (χ3n) is 10.3. The first-order chi connectivity index (χ1) is 12.9. The van der Waals surface area contributed by atoms with Gasteiger partial charge in [0.2, 0.25) is 0 Å². The third-order valence-corrected chi connectivity index (χ3v) is 10.3. The molecule has 4 aliphatic carbocycles. The van der Waals surface area contributed by atoms with Gasteiger partial charge in [-0.25, -0.2) is 0 Å². The maximum atomic E-state index is 11.0. The molecule has 5 aliphatic rings. The predicted molar refractivity (Wildman–Crippen MR) is 107 cm³/mol. The van der Waals surface area contributed by atoms with Gasteiger partial charge in [0.25, 0.3) is 0 Å². The molecule has 154 valence electrons. The van der Waals surface area contributed by atoms with E-state index in [1.54, 1.807) is 0 Å². The van der Waals surface area contributed by atoms with Gasteiger partial charge >= 0.3 is 0 Å². The molecule has 4 nitrogen and oxygen atoms in total.